The minimum atomic E-state index is -3.56. The highest BCUT2D eigenvalue weighted by molar-refractivity contribution is 9.10. The molecule has 0 bridgehead atoms. The molecule has 1 aromatic carbocycles. The van der Waals surface area contributed by atoms with Crippen molar-refractivity contribution < 1.29 is 18.3 Å². The molecule has 0 saturated carbocycles. The molecule has 0 saturated heterocycles. The van der Waals surface area contributed by atoms with Crippen LogP contribution in [0.2, 0.25) is 0 Å². The number of carbonyl (C=O) groups is 1. The van der Waals surface area contributed by atoms with Gasteiger partial charge in [-0.3, -0.25) is 0 Å². The van der Waals surface area contributed by atoms with Gasteiger partial charge in [-0.25, -0.2) is 18.2 Å². The summed E-state index contributed by atoms with van der Waals surface area (Å²) in [4.78, 5) is 15.1. The van der Waals surface area contributed by atoms with E-state index in [-0.39, 0.29) is 22.8 Å². The molecule has 0 radical (unpaired) electrons. The van der Waals surface area contributed by atoms with E-state index in [1.165, 1.54) is 18.2 Å². The lowest BCUT2D eigenvalue weighted by molar-refractivity contribution is 0.0695. The fourth-order valence-corrected chi connectivity index (χ4v) is 3.50. The summed E-state index contributed by atoms with van der Waals surface area (Å²) in [7, 11) is -3.56. The van der Waals surface area contributed by atoms with Gasteiger partial charge in [-0.15, -0.1) is 0 Å². The Balaban J connectivity index is 2.26. The maximum atomic E-state index is 12.3. The van der Waals surface area contributed by atoms with Gasteiger partial charge in [0.15, 0.2) is 9.84 Å². The van der Waals surface area contributed by atoms with Gasteiger partial charge in [0.05, 0.1) is 16.2 Å². The largest absolute Gasteiger partial charge is 0.478 e. The van der Waals surface area contributed by atoms with Crippen LogP contribution in [-0.2, 0) is 16.4 Å². The molecule has 2 rings (SSSR count). The van der Waals surface area contributed by atoms with E-state index in [4.69, 9.17) is 5.11 Å². The summed E-state index contributed by atoms with van der Waals surface area (Å²) in [5.74, 6) is -0.568. The molecule has 2 aromatic rings. The van der Waals surface area contributed by atoms with E-state index < -0.39 is 15.8 Å². The van der Waals surface area contributed by atoms with Gasteiger partial charge in [0, 0.05) is 23.4 Å². The average molecular weight is 373 g/mol. The van der Waals surface area contributed by atoms with E-state index in [1.807, 2.05) is 0 Å². The molecule has 6 nitrogen and oxygen atoms in total. The van der Waals surface area contributed by atoms with Gasteiger partial charge in [-0.1, -0.05) is 0 Å². The lowest BCUT2D eigenvalue weighted by atomic mass is 10.2. The number of rotatable bonds is 5. The highest BCUT2D eigenvalue weighted by Crippen LogP contribution is 2.22. The van der Waals surface area contributed by atoms with Crippen LogP contribution in [0.1, 0.15) is 16.2 Å². The van der Waals surface area contributed by atoms with Gasteiger partial charge >= 0.3 is 5.97 Å². The first-order chi connectivity index (χ1) is 9.81. The number of carboxylic acids is 1. The number of nitrogens with zero attached hydrogens (tertiary/aromatic N) is 2. The summed E-state index contributed by atoms with van der Waals surface area (Å²) in [6.45, 7) is 2.06. The van der Waals surface area contributed by atoms with Crippen molar-refractivity contribution in [3.63, 3.8) is 0 Å². The minimum Gasteiger partial charge on any atom is -0.478 e. The van der Waals surface area contributed by atoms with Crippen molar-refractivity contribution in [1.82, 2.24) is 9.55 Å². The highest BCUT2D eigenvalue weighted by atomic mass is 79.9. The zero-order valence-electron chi connectivity index (χ0n) is 11.2. The molecule has 1 N–H and O–H groups in total. The lowest BCUT2D eigenvalue weighted by Crippen LogP contribution is -2.14. The van der Waals surface area contributed by atoms with Crippen LogP contribution in [0.15, 0.2) is 40.0 Å². The van der Waals surface area contributed by atoms with Crippen LogP contribution in [-0.4, -0.2) is 34.8 Å². The maximum absolute atomic E-state index is 12.3. The first-order valence-electron chi connectivity index (χ1n) is 6.04. The smallest absolute Gasteiger partial charge is 0.336 e. The monoisotopic (exact) mass is 372 g/mol. The van der Waals surface area contributed by atoms with Gasteiger partial charge in [0.2, 0.25) is 0 Å². The molecule has 0 aliphatic rings. The molecule has 1 heterocycles. The van der Waals surface area contributed by atoms with Crippen LogP contribution < -0.4 is 0 Å². The summed E-state index contributed by atoms with van der Waals surface area (Å²) in [6, 6.07) is 3.99. The van der Waals surface area contributed by atoms with Gasteiger partial charge in [0.1, 0.15) is 5.82 Å². The Kier molecular flexibility index (Phi) is 4.48. The lowest BCUT2D eigenvalue weighted by Gasteiger charge is -2.08. The normalized spacial score (nSPS) is 11.5. The zero-order valence-corrected chi connectivity index (χ0v) is 13.6. The number of halogens is 1. The Labute approximate surface area is 130 Å². The predicted molar refractivity (Wildman–Crippen MR) is 80.1 cm³/mol. The number of carboxylic acid groups (broad SMARTS) is 1. The van der Waals surface area contributed by atoms with Gasteiger partial charge < -0.3 is 9.67 Å². The van der Waals surface area contributed by atoms with E-state index in [2.05, 4.69) is 20.9 Å². The Morgan fingerprint density at radius 2 is 2.14 bits per heavy atom. The van der Waals surface area contributed by atoms with Crippen LogP contribution in [0, 0.1) is 6.92 Å². The molecule has 0 unspecified atom stereocenters. The molecular weight excluding hydrogens is 360 g/mol. The number of imidazole rings is 1. The third kappa shape index (κ3) is 3.51. The summed E-state index contributed by atoms with van der Waals surface area (Å²) in [6.07, 6.45) is 3.30. The van der Waals surface area contributed by atoms with E-state index >= 15 is 0 Å². The molecule has 0 aliphatic carbocycles. The second kappa shape index (κ2) is 5.98. The van der Waals surface area contributed by atoms with Crippen LogP contribution >= 0.6 is 15.9 Å². The maximum Gasteiger partial charge on any atom is 0.336 e. The number of benzene rings is 1. The number of sulfone groups is 1. The van der Waals surface area contributed by atoms with E-state index in [0.29, 0.717) is 4.47 Å². The molecular formula is C13H13BrN2O4S. The SMILES string of the molecule is Cc1nccn1CCS(=O)(=O)c1ccc(Br)c(C(=O)O)c1. The topological polar surface area (TPSA) is 89.3 Å². The second-order valence-electron chi connectivity index (χ2n) is 4.43. The molecule has 0 spiro atoms. The Morgan fingerprint density at radius 3 is 2.71 bits per heavy atom. The molecule has 0 amide bonds. The van der Waals surface area contributed by atoms with E-state index in [0.717, 1.165) is 5.82 Å². The molecule has 8 heteroatoms. The summed E-state index contributed by atoms with van der Waals surface area (Å²) in [5, 5.41) is 9.04. The molecule has 0 fully saturated rings. The molecule has 0 aliphatic heterocycles. The number of aryl methyl sites for hydroxylation is 2. The average Bonchev–Trinajstić information content (AvgIpc) is 2.82. The first kappa shape index (κ1) is 15.7. The number of aromatic carboxylic acids is 1. The molecule has 21 heavy (non-hydrogen) atoms. The molecule has 0 atom stereocenters. The van der Waals surface area contributed by atoms with Gasteiger partial charge in [-0.2, -0.15) is 0 Å². The highest BCUT2D eigenvalue weighted by Gasteiger charge is 2.18. The molecule has 1 aromatic heterocycles. The third-order valence-corrected chi connectivity index (χ3v) is 5.44. The number of aromatic nitrogens is 2. The second-order valence-corrected chi connectivity index (χ2v) is 7.40. The fourth-order valence-electron chi connectivity index (χ4n) is 1.84. The van der Waals surface area contributed by atoms with Crippen LogP contribution in [0.4, 0.5) is 0 Å². The Hall–Kier alpha value is -1.67. The van der Waals surface area contributed by atoms with Crippen molar-refractivity contribution >= 4 is 31.7 Å². The first-order valence-corrected chi connectivity index (χ1v) is 8.49. The Bertz CT molecular complexity index is 783. The number of hydrogen-bond acceptors (Lipinski definition) is 4. The van der Waals surface area contributed by atoms with E-state index in [1.54, 1.807) is 23.9 Å². The zero-order chi connectivity index (χ0) is 15.6. The minimum absolute atomic E-state index is 0.000804. The van der Waals surface area contributed by atoms with Crippen molar-refractivity contribution in [3.05, 3.63) is 46.5 Å². The van der Waals surface area contributed by atoms with Crippen LogP contribution in [0.25, 0.3) is 0 Å². The fraction of sp³-hybridized carbons (Fsp3) is 0.231. The van der Waals surface area contributed by atoms with Gasteiger partial charge in [0.25, 0.3) is 0 Å². The van der Waals surface area contributed by atoms with Crippen LogP contribution in [0.5, 0.6) is 0 Å². The van der Waals surface area contributed by atoms with Crippen molar-refractivity contribution in [1.29, 1.82) is 0 Å². The van der Waals surface area contributed by atoms with Crippen molar-refractivity contribution in [2.75, 3.05) is 5.75 Å². The van der Waals surface area contributed by atoms with Gasteiger partial charge in [-0.05, 0) is 41.1 Å². The third-order valence-electron chi connectivity index (χ3n) is 3.05. The standard InChI is InChI=1S/C13H13BrN2O4S/c1-9-15-4-5-16(9)6-7-21(19,20)10-2-3-12(14)11(8-10)13(17)18/h2-5,8H,6-7H2,1H3,(H,17,18). The molecule has 112 valence electrons. The van der Waals surface area contributed by atoms with Crippen molar-refractivity contribution in [3.8, 4) is 0 Å². The van der Waals surface area contributed by atoms with Crippen molar-refractivity contribution in [2.24, 2.45) is 0 Å². The summed E-state index contributed by atoms with van der Waals surface area (Å²) in [5.41, 5.74) is -0.0742. The quantitative estimate of drug-likeness (QED) is 0.867. The van der Waals surface area contributed by atoms with Crippen LogP contribution in [0.3, 0.4) is 0 Å². The van der Waals surface area contributed by atoms with Crippen molar-refractivity contribution in [2.45, 2.75) is 18.4 Å². The Morgan fingerprint density at radius 1 is 1.43 bits per heavy atom. The summed E-state index contributed by atoms with van der Waals surface area (Å²) < 4.78 is 26.6. The number of hydrogen-bond donors (Lipinski definition) is 1. The van der Waals surface area contributed by atoms with E-state index in [9.17, 15) is 13.2 Å². The predicted octanol–water partition coefficient (Wildman–Crippen LogP) is 2.13. The summed E-state index contributed by atoms with van der Waals surface area (Å²) >= 11 is 3.09.